The number of alkyl halides is 3. The molecule has 15 heavy (non-hydrogen) atoms. The third-order valence-corrected chi connectivity index (χ3v) is 1.59. The Bertz CT molecular complexity index is 335. The average molecular weight is 224 g/mol. The van der Waals surface area contributed by atoms with Gasteiger partial charge >= 0.3 is 6.18 Å². The number of methoxy groups -OCH3 is 1. The molecule has 0 saturated carbocycles. The van der Waals surface area contributed by atoms with Gasteiger partial charge in [-0.3, -0.25) is 0 Å². The first-order valence-corrected chi connectivity index (χ1v) is 3.93. The van der Waals surface area contributed by atoms with Crippen LogP contribution in [0.25, 0.3) is 0 Å². The number of hydrogen-bond acceptors (Lipinski definition) is 2. The van der Waals surface area contributed by atoms with Crippen molar-refractivity contribution in [1.82, 2.24) is 0 Å². The molecule has 0 aliphatic heterocycles. The van der Waals surface area contributed by atoms with Gasteiger partial charge in [0.25, 0.3) is 0 Å². The Morgan fingerprint density at radius 1 is 1.27 bits per heavy atom. The molecule has 0 heterocycles. The number of hydrogen-bond donors (Lipinski definition) is 0. The van der Waals surface area contributed by atoms with Crippen LogP contribution in [0.5, 0.6) is 5.75 Å². The van der Waals surface area contributed by atoms with Crippen molar-refractivity contribution >= 4 is 0 Å². The average Bonchev–Trinajstić information content (AvgIpc) is 2.14. The zero-order chi connectivity index (χ0) is 11.5. The summed E-state index contributed by atoms with van der Waals surface area (Å²) >= 11 is 0. The highest BCUT2D eigenvalue weighted by Crippen LogP contribution is 2.31. The van der Waals surface area contributed by atoms with E-state index in [0.29, 0.717) is 6.07 Å². The van der Waals surface area contributed by atoms with E-state index in [2.05, 4.69) is 9.47 Å². The van der Waals surface area contributed by atoms with E-state index in [0.717, 1.165) is 12.1 Å². The standard InChI is InChI=1S/C9H8F4O2/c1-14-5-15-8-3-2-6(4-7(8)10)9(11,12)13/h2-4H,5H2,1H3. The maximum atomic E-state index is 13.0. The summed E-state index contributed by atoms with van der Waals surface area (Å²) in [4.78, 5) is 0. The first-order valence-electron chi connectivity index (χ1n) is 3.93. The van der Waals surface area contributed by atoms with Crippen LogP contribution in [0, 0.1) is 5.82 Å². The number of rotatable bonds is 3. The van der Waals surface area contributed by atoms with Gasteiger partial charge in [-0.15, -0.1) is 0 Å². The molecule has 0 spiro atoms. The number of benzene rings is 1. The molecule has 6 heteroatoms. The molecule has 84 valence electrons. The molecule has 0 bridgehead atoms. The van der Waals surface area contributed by atoms with E-state index in [1.807, 2.05) is 0 Å². The highest BCUT2D eigenvalue weighted by molar-refractivity contribution is 5.30. The van der Waals surface area contributed by atoms with Crippen LogP contribution in [0.4, 0.5) is 17.6 Å². The van der Waals surface area contributed by atoms with Gasteiger partial charge in [-0.05, 0) is 18.2 Å². The van der Waals surface area contributed by atoms with Gasteiger partial charge in [0.15, 0.2) is 18.4 Å². The molecule has 1 aromatic rings. The Hall–Kier alpha value is -1.30. The van der Waals surface area contributed by atoms with Crippen molar-refractivity contribution in [1.29, 1.82) is 0 Å². The fraction of sp³-hybridized carbons (Fsp3) is 0.333. The van der Waals surface area contributed by atoms with E-state index in [9.17, 15) is 17.6 Å². The summed E-state index contributed by atoms with van der Waals surface area (Å²) in [5.41, 5.74) is -1.05. The molecule has 0 atom stereocenters. The predicted octanol–water partition coefficient (Wildman–Crippen LogP) is 2.83. The largest absolute Gasteiger partial charge is 0.464 e. The zero-order valence-corrected chi connectivity index (χ0v) is 7.77. The minimum absolute atomic E-state index is 0.220. The smallest absolute Gasteiger partial charge is 0.416 e. The highest BCUT2D eigenvalue weighted by Gasteiger charge is 2.31. The van der Waals surface area contributed by atoms with E-state index < -0.39 is 17.6 Å². The van der Waals surface area contributed by atoms with Gasteiger partial charge in [-0.1, -0.05) is 0 Å². The molecule has 0 unspecified atom stereocenters. The molecule has 0 aromatic heterocycles. The Morgan fingerprint density at radius 2 is 1.93 bits per heavy atom. The molecule has 1 rings (SSSR count). The van der Waals surface area contributed by atoms with Gasteiger partial charge in [0.2, 0.25) is 0 Å². The van der Waals surface area contributed by atoms with Gasteiger partial charge in [-0.25, -0.2) is 4.39 Å². The fourth-order valence-corrected chi connectivity index (χ4v) is 0.917. The summed E-state index contributed by atoms with van der Waals surface area (Å²) in [6.45, 7) is -0.220. The van der Waals surface area contributed by atoms with Crippen molar-refractivity contribution in [3.8, 4) is 5.75 Å². The molecule has 0 radical (unpaired) electrons. The Kier molecular flexibility index (Phi) is 3.52. The van der Waals surface area contributed by atoms with Crippen molar-refractivity contribution in [2.24, 2.45) is 0 Å². The van der Waals surface area contributed by atoms with Crippen molar-refractivity contribution < 1.29 is 27.0 Å². The first kappa shape index (κ1) is 11.8. The van der Waals surface area contributed by atoms with Gasteiger partial charge in [0, 0.05) is 7.11 Å². The first-order chi connectivity index (χ1) is 6.95. The molecule has 0 amide bonds. The lowest BCUT2D eigenvalue weighted by Gasteiger charge is -2.09. The summed E-state index contributed by atoms with van der Waals surface area (Å²) in [5.74, 6) is -1.34. The minimum Gasteiger partial charge on any atom is -0.464 e. The second-order valence-corrected chi connectivity index (χ2v) is 2.69. The number of ether oxygens (including phenoxy) is 2. The molecule has 2 nitrogen and oxygen atoms in total. The van der Waals surface area contributed by atoms with Crippen molar-refractivity contribution in [2.75, 3.05) is 13.9 Å². The van der Waals surface area contributed by atoms with Crippen molar-refractivity contribution in [3.63, 3.8) is 0 Å². The second-order valence-electron chi connectivity index (χ2n) is 2.69. The van der Waals surface area contributed by atoms with Crippen LogP contribution in [0.1, 0.15) is 5.56 Å². The van der Waals surface area contributed by atoms with Crippen LogP contribution < -0.4 is 4.74 Å². The quantitative estimate of drug-likeness (QED) is 0.580. The third-order valence-electron chi connectivity index (χ3n) is 1.59. The molecular weight excluding hydrogens is 216 g/mol. The monoisotopic (exact) mass is 224 g/mol. The van der Waals surface area contributed by atoms with Crippen LogP contribution in [-0.4, -0.2) is 13.9 Å². The van der Waals surface area contributed by atoms with Gasteiger partial charge in [0.05, 0.1) is 5.56 Å². The minimum atomic E-state index is -4.55. The van der Waals surface area contributed by atoms with Gasteiger partial charge in [-0.2, -0.15) is 13.2 Å². The fourth-order valence-electron chi connectivity index (χ4n) is 0.917. The van der Waals surface area contributed by atoms with E-state index in [1.165, 1.54) is 7.11 Å². The predicted molar refractivity (Wildman–Crippen MR) is 43.9 cm³/mol. The Morgan fingerprint density at radius 3 is 2.40 bits per heavy atom. The van der Waals surface area contributed by atoms with Crippen LogP contribution >= 0.6 is 0 Å². The highest BCUT2D eigenvalue weighted by atomic mass is 19.4. The summed E-state index contributed by atoms with van der Waals surface area (Å²) < 4.78 is 58.6. The lowest BCUT2D eigenvalue weighted by molar-refractivity contribution is -0.137. The number of halogens is 4. The second kappa shape index (κ2) is 4.48. The molecule has 0 N–H and O–H groups in total. The Labute approximate surface area is 83.4 Å². The topological polar surface area (TPSA) is 18.5 Å². The maximum absolute atomic E-state index is 13.0. The molecule has 0 fully saturated rings. The molecule has 0 saturated heterocycles. The lowest BCUT2D eigenvalue weighted by atomic mass is 10.2. The normalized spacial score (nSPS) is 11.5. The SMILES string of the molecule is COCOc1ccc(C(F)(F)F)cc1F. The van der Waals surface area contributed by atoms with E-state index in [1.54, 1.807) is 0 Å². The summed E-state index contributed by atoms with van der Waals surface area (Å²) in [6.07, 6.45) is -4.55. The van der Waals surface area contributed by atoms with Crippen LogP contribution in [-0.2, 0) is 10.9 Å². The molecular formula is C9H8F4O2. The van der Waals surface area contributed by atoms with Crippen molar-refractivity contribution in [3.05, 3.63) is 29.6 Å². The molecule has 1 aromatic carbocycles. The van der Waals surface area contributed by atoms with E-state index >= 15 is 0 Å². The summed E-state index contributed by atoms with van der Waals surface area (Å²) in [6, 6.07) is 2.04. The van der Waals surface area contributed by atoms with Gasteiger partial charge < -0.3 is 9.47 Å². The summed E-state index contributed by atoms with van der Waals surface area (Å²) in [7, 11) is 1.32. The summed E-state index contributed by atoms with van der Waals surface area (Å²) in [5, 5.41) is 0. The lowest BCUT2D eigenvalue weighted by Crippen LogP contribution is -2.06. The molecule has 0 aliphatic carbocycles. The van der Waals surface area contributed by atoms with Crippen LogP contribution in [0.3, 0.4) is 0 Å². The third kappa shape index (κ3) is 3.09. The van der Waals surface area contributed by atoms with Crippen LogP contribution in [0.15, 0.2) is 18.2 Å². The van der Waals surface area contributed by atoms with Crippen molar-refractivity contribution in [2.45, 2.75) is 6.18 Å². The Balaban J connectivity index is 2.88. The zero-order valence-electron chi connectivity index (χ0n) is 7.77. The van der Waals surface area contributed by atoms with E-state index in [4.69, 9.17) is 0 Å². The van der Waals surface area contributed by atoms with Crippen LogP contribution in [0.2, 0.25) is 0 Å². The van der Waals surface area contributed by atoms with Gasteiger partial charge in [0.1, 0.15) is 0 Å². The van der Waals surface area contributed by atoms with E-state index in [-0.39, 0.29) is 12.5 Å². The maximum Gasteiger partial charge on any atom is 0.416 e. The molecule has 0 aliphatic rings.